The van der Waals surface area contributed by atoms with Crippen LogP contribution in [0.2, 0.25) is 0 Å². The molecule has 2 fully saturated rings. The first-order chi connectivity index (χ1) is 41.1. The Morgan fingerprint density at radius 1 is 0.814 bits per heavy atom. The van der Waals surface area contributed by atoms with Gasteiger partial charge in [-0.05, 0) is 111 Å². The molecule has 2 aromatic carbocycles. The normalized spacial score (nSPS) is 21.6. The van der Waals surface area contributed by atoms with E-state index >= 15 is 4.39 Å². The molecule has 464 valence electrons. The second-order valence-electron chi connectivity index (χ2n) is 22.8. The fraction of sp³-hybridized carbons (Fsp3) is 0.516. The molecule has 0 radical (unpaired) electrons. The second kappa shape index (κ2) is 31.1. The van der Waals surface area contributed by atoms with Gasteiger partial charge in [-0.2, -0.15) is 5.10 Å². The van der Waals surface area contributed by atoms with E-state index in [4.69, 9.17) is 14.2 Å². The summed E-state index contributed by atoms with van der Waals surface area (Å²) in [6, 6.07) is 11.2. The van der Waals surface area contributed by atoms with Crippen molar-refractivity contribution < 1.29 is 66.9 Å². The highest BCUT2D eigenvalue weighted by Crippen LogP contribution is 2.28. The number of esters is 1. The Balaban J connectivity index is 0.846. The Morgan fingerprint density at radius 3 is 2.15 bits per heavy atom. The van der Waals surface area contributed by atoms with Crippen LogP contribution in [0.4, 0.5) is 25.4 Å². The van der Waals surface area contributed by atoms with Crippen molar-refractivity contribution >= 4 is 71.0 Å². The van der Waals surface area contributed by atoms with Crippen molar-refractivity contribution in [2.45, 2.75) is 130 Å². The lowest BCUT2D eigenvalue weighted by Crippen LogP contribution is -2.53. The number of piperazine rings is 2. The molecule has 0 saturated carbocycles. The van der Waals surface area contributed by atoms with E-state index < -0.39 is 72.1 Å². The zero-order chi connectivity index (χ0) is 62.0. The third-order valence-electron chi connectivity index (χ3n) is 15.7. The Kier molecular flexibility index (Phi) is 23.6. The van der Waals surface area contributed by atoms with E-state index in [0.717, 1.165) is 4.90 Å². The monoisotopic (exact) mass is 1190 g/mol. The van der Waals surface area contributed by atoms with Crippen LogP contribution in [-0.2, 0) is 60.9 Å². The molecule has 4 aliphatic heterocycles. The standard InChI is InChI=1S/C62H81FN10O13/c1-40(2)57(67-52(75)11-8-7-9-24-73-53(76)20-21-54(73)77)60(81)65-44(6)59(80)66-48-16-14-45(15-17-48)39-84-61(82)70-29-31-71(32-30-70)62(83)85-51-19-13-42(4)58(86-56(79)37-50(74)18-12-41(51)3)43(5)33-46-34-47(63)36-49(35-46)68-25-27-69(28-26-68)55(78)38-72-23-10-22-64-72/h10,13-17,19-23,33-36,40-42,44,50-51,57-58,74H,7-9,11-12,18,24-32,37-39H2,1-6H3,(H,65,81)(H,66,80)(H,67,75)/b19-13+,43-33+/t41-,42-,44-,50+,51-,57-,58-/m0/s1. The number of nitrogens with zero attached hydrogens (tertiary/aromatic N) is 7. The minimum absolute atomic E-state index is 0.0475. The SMILES string of the molecule is C/C(=C\c1cc(F)cc(N2CCN(C(=O)Cn3cccn3)CC2)c1)[C@H]1OC(=O)C[C@H](O)CC[C@H](C)[C@@H](OC(=O)N2CCN(C(=O)OCc3ccc(NC(=O)[C@H](C)NC(=O)[C@@H](NC(=O)CCCCCN4C(=O)C=CC4=O)C(C)C)cc3)CC2)/C=C/[C@@H]1C. The number of aliphatic hydroxyl groups is 1. The molecule has 86 heavy (non-hydrogen) atoms. The number of unbranched alkanes of at least 4 members (excludes halogenated alkanes) is 2. The molecule has 3 aromatic rings. The van der Waals surface area contributed by atoms with Crippen LogP contribution in [-0.4, -0.2) is 177 Å². The zero-order valence-electron chi connectivity index (χ0n) is 49.9. The molecule has 5 heterocycles. The number of aromatic nitrogens is 2. The quantitative estimate of drug-likeness (QED) is 0.0353. The molecule has 0 bridgehead atoms. The molecule has 24 heteroatoms. The van der Waals surface area contributed by atoms with Gasteiger partial charge in [0.25, 0.3) is 11.8 Å². The summed E-state index contributed by atoms with van der Waals surface area (Å²) >= 11 is 0. The smallest absolute Gasteiger partial charge is 0.410 e. The number of cyclic esters (lactones) is 1. The van der Waals surface area contributed by atoms with Gasteiger partial charge in [0, 0.05) is 107 Å². The summed E-state index contributed by atoms with van der Waals surface area (Å²) in [5.74, 6) is -4.11. The largest absolute Gasteiger partial charge is 0.457 e. The average Bonchev–Trinajstić information content (AvgIpc) is 2.46. The van der Waals surface area contributed by atoms with Crippen LogP contribution >= 0.6 is 0 Å². The lowest BCUT2D eigenvalue weighted by atomic mass is 9.91. The number of halogens is 1. The second-order valence-corrected chi connectivity index (χ2v) is 22.8. The molecule has 4 N–H and O–H groups in total. The van der Waals surface area contributed by atoms with Crippen molar-refractivity contribution in [3.63, 3.8) is 0 Å². The number of amides is 8. The summed E-state index contributed by atoms with van der Waals surface area (Å²) in [5, 5.41) is 23.2. The Labute approximate surface area is 500 Å². The molecular formula is C62H81FN10O13. The van der Waals surface area contributed by atoms with Gasteiger partial charge in [0.15, 0.2) is 0 Å². The zero-order valence-corrected chi connectivity index (χ0v) is 49.9. The number of ether oxygens (including phenoxy) is 3. The van der Waals surface area contributed by atoms with Gasteiger partial charge < -0.3 is 54.9 Å². The van der Waals surface area contributed by atoms with Crippen molar-refractivity contribution in [2.24, 2.45) is 17.8 Å². The predicted octanol–water partition coefficient (Wildman–Crippen LogP) is 5.59. The van der Waals surface area contributed by atoms with Gasteiger partial charge in [0.05, 0.1) is 12.5 Å². The van der Waals surface area contributed by atoms with Crippen molar-refractivity contribution in [1.82, 2.24) is 40.0 Å². The van der Waals surface area contributed by atoms with Gasteiger partial charge in [-0.25, -0.2) is 14.0 Å². The van der Waals surface area contributed by atoms with E-state index in [1.165, 1.54) is 41.0 Å². The summed E-state index contributed by atoms with van der Waals surface area (Å²) in [6.07, 6.45) is 9.71. The van der Waals surface area contributed by atoms with Gasteiger partial charge in [0.1, 0.15) is 43.3 Å². The van der Waals surface area contributed by atoms with Gasteiger partial charge in [-0.3, -0.25) is 43.1 Å². The summed E-state index contributed by atoms with van der Waals surface area (Å²) in [7, 11) is 0. The van der Waals surface area contributed by atoms with Gasteiger partial charge in [-0.15, -0.1) is 0 Å². The Bertz CT molecular complexity index is 2950. The first-order valence-corrected chi connectivity index (χ1v) is 29.6. The van der Waals surface area contributed by atoms with Crippen LogP contribution in [0.25, 0.3) is 6.08 Å². The lowest BCUT2D eigenvalue weighted by molar-refractivity contribution is -0.151. The summed E-state index contributed by atoms with van der Waals surface area (Å²) in [6.45, 7) is 13.6. The highest BCUT2D eigenvalue weighted by Gasteiger charge is 2.32. The van der Waals surface area contributed by atoms with E-state index in [0.29, 0.717) is 79.9 Å². The number of carbonyl (C=O) groups is 9. The fourth-order valence-corrected chi connectivity index (χ4v) is 10.5. The molecule has 0 spiro atoms. The number of aliphatic hydroxyl groups excluding tert-OH is 1. The number of rotatable bonds is 20. The topological polar surface area (TPSA) is 272 Å². The van der Waals surface area contributed by atoms with Gasteiger partial charge in [0.2, 0.25) is 23.6 Å². The third kappa shape index (κ3) is 19.0. The number of hydrogen-bond donors (Lipinski definition) is 4. The van der Waals surface area contributed by atoms with E-state index in [1.807, 2.05) is 30.9 Å². The lowest BCUT2D eigenvalue weighted by Gasteiger charge is -2.36. The van der Waals surface area contributed by atoms with Crippen molar-refractivity contribution in [3.8, 4) is 0 Å². The Hall–Kier alpha value is -8.41. The van der Waals surface area contributed by atoms with E-state index in [9.17, 15) is 48.3 Å². The number of benzene rings is 2. The molecule has 4 aliphatic rings. The molecule has 8 amide bonds. The fourth-order valence-electron chi connectivity index (χ4n) is 10.5. The van der Waals surface area contributed by atoms with Crippen LogP contribution in [0.1, 0.15) is 97.6 Å². The van der Waals surface area contributed by atoms with Crippen molar-refractivity contribution in [1.29, 1.82) is 0 Å². The molecular weight excluding hydrogens is 1110 g/mol. The maximum atomic E-state index is 15.3. The molecule has 0 unspecified atom stereocenters. The maximum absolute atomic E-state index is 15.3. The number of imide groups is 1. The molecule has 0 aliphatic carbocycles. The number of carbonyl (C=O) groups excluding carboxylic acids is 9. The first kappa shape index (κ1) is 65.1. The molecule has 7 rings (SSSR count). The van der Waals surface area contributed by atoms with E-state index in [-0.39, 0.29) is 101 Å². The predicted molar refractivity (Wildman–Crippen MR) is 316 cm³/mol. The van der Waals surface area contributed by atoms with Crippen LogP contribution in [0, 0.1) is 23.6 Å². The molecule has 2 saturated heterocycles. The average molecular weight is 1190 g/mol. The minimum Gasteiger partial charge on any atom is -0.457 e. The minimum atomic E-state index is -1.01. The van der Waals surface area contributed by atoms with Gasteiger partial charge >= 0.3 is 18.2 Å². The van der Waals surface area contributed by atoms with Crippen molar-refractivity contribution in [3.05, 3.63) is 108 Å². The first-order valence-electron chi connectivity index (χ1n) is 29.6. The van der Waals surface area contributed by atoms with Crippen LogP contribution in [0.3, 0.4) is 0 Å². The summed E-state index contributed by atoms with van der Waals surface area (Å²) < 4.78 is 34.6. The molecule has 23 nitrogen and oxygen atoms in total. The van der Waals surface area contributed by atoms with E-state index in [2.05, 4.69) is 21.0 Å². The Morgan fingerprint density at radius 2 is 1.49 bits per heavy atom. The van der Waals surface area contributed by atoms with Crippen LogP contribution in [0.5, 0.6) is 0 Å². The third-order valence-corrected chi connectivity index (χ3v) is 15.7. The highest BCUT2D eigenvalue weighted by molar-refractivity contribution is 6.12. The number of anilines is 2. The number of hydrogen-bond acceptors (Lipinski definition) is 15. The van der Waals surface area contributed by atoms with Gasteiger partial charge in [-0.1, -0.05) is 58.4 Å². The van der Waals surface area contributed by atoms with Crippen LogP contribution < -0.4 is 20.9 Å². The molecule has 7 atom stereocenters. The van der Waals surface area contributed by atoms with E-state index in [1.54, 1.807) is 85.2 Å². The summed E-state index contributed by atoms with van der Waals surface area (Å²) in [4.78, 5) is 124. The summed E-state index contributed by atoms with van der Waals surface area (Å²) in [5.41, 5.74) is 2.89. The maximum Gasteiger partial charge on any atom is 0.410 e. The van der Waals surface area contributed by atoms with Crippen LogP contribution in [0.15, 0.2) is 90.8 Å². The number of nitrogens with one attached hydrogen (secondary N) is 3. The highest BCUT2D eigenvalue weighted by atomic mass is 19.1. The van der Waals surface area contributed by atoms with Crippen molar-refractivity contribution in [2.75, 3.05) is 69.1 Å². The molecule has 1 aromatic heterocycles.